The minimum atomic E-state index is -0.908. The molecule has 110 valence electrons. The molecule has 0 spiro atoms. The molecule has 2 unspecified atom stereocenters. The molecular formula is C13H18ClN3O3. The molecule has 0 bridgehead atoms. The van der Waals surface area contributed by atoms with E-state index in [0.717, 1.165) is 11.3 Å². The van der Waals surface area contributed by atoms with Crippen LogP contribution in [0.15, 0.2) is 24.3 Å². The number of fused-ring (bicyclic) bond motifs is 1. The zero-order valence-electron chi connectivity index (χ0n) is 10.9. The Morgan fingerprint density at radius 1 is 1.40 bits per heavy atom. The van der Waals surface area contributed by atoms with Crippen molar-refractivity contribution in [3.05, 3.63) is 29.8 Å². The number of hydrogen-bond donors (Lipinski definition) is 3. The van der Waals surface area contributed by atoms with Crippen LogP contribution in [0.4, 0.5) is 0 Å². The van der Waals surface area contributed by atoms with Crippen LogP contribution in [0.1, 0.15) is 12.0 Å². The number of carbonyl (C=O) groups excluding carboxylic acids is 2. The lowest BCUT2D eigenvalue weighted by molar-refractivity contribution is -0.127. The Labute approximate surface area is 123 Å². The summed E-state index contributed by atoms with van der Waals surface area (Å²) in [6.45, 7) is 0.395. The van der Waals surface area contributed by atoms with Crippen molar-refractivity contribution in [1.29, 1.82) is 0 Å². The molecule has 20 heavy (non-hydrogen) atoms. The van der Waals surface area contributed by atoms with E-state index in [1.54, 1.807) is 0 Å². The van der Waals surface area contributed by atoms with Gasteiger partial charge in [-0.1, -0.05) is 18.2 Å². The Morgan fingerprint density at radius 3 is 2.80 bits per heavy atom. The standard InChI is InChI=1S/C13H17N3O3.ClH/c14-10(6-12(15)17)13(18)16-9-5-8-3-1-2-4-11(8)19-7-9;/h1-4,9-10H,5-7,14H2,(H2,15,17)(H,16,18);1H. The van der Waals surface area contributed by atoms with Crippen molar-refractivity contribution in [3.63, 3.8) is 0 Å². The number of nitrogens with two attached hydrogens (primary N) is 2. The van der Waals surface area contributed by atoms with Gasteiger partial charge in [-0.2, -0.15) is 0 Å². The van der Waals surface area contributed by atoms with Crippen molar-refractivity contribution >= 4 is 24.2 Å². The average molecular weight is 300 g/mol. The van der Waals surface area contributed by atoms with Crippen molar-refractivity contribution in [3.8, 4) is 5.75 Å². The zero-order valence-corrected chi connectivity index (χ0v) is 11.7. The molecule has 1 heterocycles. The van der Waals surface area contributed by atoms with E-state index in [9.17, 15) is 9.59 Å². The molecule has 2 atom stereocenters. The third-order valence-corrected chi connectivity index (χ3v) is 2.98. The van der Waals surface area contributed by atoms with Crippen LogP contribution in [0.2, 0.25) is 0 Å². The Morgan fingerprint density at radius 2 is 2.10 bits per heavy atom. The number of nitrogens with one attached hydrogen (secondary N) is 1. The first-order chi connectivity index (χ1) is 9.06. The summed E-state index contributed by atoms with van der Waals surface area (Å²) in [5.41, 5.74) is 11.6. The van der Waals surface area contributed by atoms with Gasteiger partial charge >= 0.3 is 0 Å². The second-order valence-corrected chi connectivity index (χ2v) is 4.61. The number of halogens is 1. The van der Waals surface area contributed by atoms with Crippen LogP contribution in [0, 0.1) is 0 Å². The lowest BCUT2D eigenvalue weighted by atomic mass is 10.0. The monoisotopic (exact) mass is 299 g/mol. The van der Waals surface area contributed by atoms with Crippen molar-refractivity contribution in [2.24, 2.45) is 11.5 Å². The molecule has 6 nitrogen and oxygen atoms in total. The van der Waals surface area contributed by atoms with Gasteiger partial charge < -0.3 is 21.5 Å². The molecule has 2 rings (SSSR count). The van der Waals surface area contributed by atoms with E-state index in [0.29, 0.717) is 13.0 Å². The Bertz CT molecular complexity index is 496. The molecule has 0 saturated heterocycles. The van der Waals surface area contributed by atoms with Gasteiger partial charge in [-0.25, -0.2) is 0 Å². The number of primary amides is 1. The van der Waals surface area contributed by atoms with Gasteiger partial charge in [0.2, 0.25) is 11.8 Å². The zero-order chi connectivity index (χ0) is 13.8. The van der Waals surface area contributed by atoms with Crippen LogP contribution < -0.4 is 21.5 Å². The van der Waals surface area contributed by atoms with Crippen molar-refractivity contribution in [1.82, 2.24) is 5.32 Å². The second-order valence-electron chi connectivity index (χ2n) is 4.61. The summed E-state index contributed by atoms with van der Waals surface area (Å²) < 4.78 is 5.55. The summed E-state index contributed by atoms with van der Waals surface area (Å²) in [5, 5.41) is 2.77. The van der Waals surface area contributed by atoms with Gasteiger partial charge in [0.05, 0.1) is 18.5 Å². The molecule has 0 fully saturated rings. The summed E-state index contributed by atoms with van der Waals surface area (Å²) >= 11 is 0. The first-order valence-corrected chi connectivity index (χ1v) is 6.11. The second kappa shape index (κ2) is 7.12. The Hall–Kier alpha value is -1.79. The smallest absolute Gasteiger partial charge is 0.237 e. The highest BCUT2D eigenvalue weighted by Gasteiger charge is 2.24. The molecule has 0 aromatic heterocycles. The SMILES string of the molecule is Cl.NC(=O)CC(N)C(=O)NC1COc2ccccc2C1. The Kier molecular flexibility index (Phi) is 5.79. The van der Waals surface area contributed by atoms with Crippen LogP contribution in [0.3, 0.4) is 0 Å². The third kappa shape index (κ3) is 4.11. The normalized spacial score (nSPS) is 17.9. The summed E-state index contributed by atoms with van der Waals surface area (Å²) in [5.74, 6) is -0.130. The van der Waals surface area contributed by atoms with Gasteiger partial charge in [-0.15, -0.1) is 12.4 Å². The fourth-order valence-electron chi connectivity index (χ4n) is 2.04. The maximum Gasteiger partial charge on any atom is 0.237 e. The maximum atomic E-state index is 11.8. The molecule has 0 radical (unpaired) electrons. The molecule has 1 aliphatic heterocycles. The van der Waals surface area contributed by atoms with Crippen LogP contribution in [0.25, 0.3) is 0 Å². The van der Waals surface area contributed by atoms with Gasteiger partial charge in [0.25, 0.3) is 0 Å². The fraction of sp³-hybridized carbons (Fsp3) is 0.385. The highest BCUT2D eigenvalue weighted by atomic mass is 35.5. The number of amides is 2. The van der Waals surface area contributed by atoms with Gasteiger partial charge in [-0.3, -0.25) is 9.59 Å². The molecular weight excluding hydrogens is 282 g/mol. The van der Waals surface area contributed by atoms with E-state index in [1.807, 2.05) is 24.3 Å². The Balaban J connectivity index is 0.00000200. The summed E-state index contributed by atoms with van der Waals surface area (Å²) in [4.78, 5) is 22.5. The highest BCUT2D eigenvalue weighted by Crippen LogP contribution is 2.23. The number of para-hydroxylation sites is 1. The summed E-state index contributed by atoms with van der Waals surface area (Å²) in [6.07, 6.45) is 0.529. The topological polar surface area (TPSA) is 107 Å². The number of carbonyl (C=O) groups is 2. The van der Waals surface area contributed by atoms with Gasteiger partial charge in [0.15, 0.2) is 0 Å². The van der Waals surface area contributed by atoms with Gasteiger partial charge in [0, 0.05) is 0 Å². The molecule has 5 N–H and O–H groups in total. The predicted octanol–water partition coefficient (Wildman–Crippen LogP) is -0.269. The predicted molar refractivity (Wildman–Crippen MR) is 76.6 cm³/mol. The summed E-state index contributed by atoms with van der Waals surface area (Å²) in [7, 11) is 0. The van der Waals surface area contributed by atoms with Crippen molar-refractivity contribution < 1.29 is 14.3 Å². The highest BCUT2D eigenvalue weighted by molar-refractivity contribution is 5.87. The van der Waals surface area contributed by atoms with E-state index in [1.165, 1.54) is 0 Å². The first-order valence-electron chi connectivity index (χ1n) is 6.11. The summed E-state index contributed by atoms with van der Waals surface area (Å²) in [6, 6.07) is 6.63. The van der Waals surface area contributed by atoms with Gasteiger partial charge in [0.1, 0.15) is 12.4 Å². The molecule has 0 saturated carbocycles. The van der Waals surface area contributed by atoms with E-state index < -0.39 is 11.9 Å². The lowest BCUT2D eigenvalue weighted by Gasteiger charge is -2.26. The minimum Gasteiger partial charge on any atom is -0.491 e. The van der Waals surface area contributed by atoms with Crippen molar-refractivity contribution in [2.45, 2.75) is 24.9 Å². The molecule has 1 aromatic rings. The first kappa shape index (κ1) is 16.3. The quantitative estimate of drug-likeness (QED) is 0.711. The average Bonchev–Trinajstić information content (AvgIpc) is 2.37. The maximum absolute atomic E-state index is 11.8. The molecule has 0 aliphatic carbocycles. The fourth-order valence-corrected chi connectivity index (χ4v) is 2.04. The number of ether oxygens (including phenoxy) is 1. The van der Waals surface area contributed by atoms with E-state index >= 15 is 0 Å². The largest absolute Gasteiger partial charge is 0.491 e. The third-order valence-electron chi connectivity index (χ3n) is 2.98. The van der Waals surface area contributed by atoms with Crippen LogP contribution >= 0.6 is 12.4 Å². The van der Waals surface area contributed by atoms with Crippen LogP contribution in [-0.2, 0) is 16.0 Å². The van der Waals surface area contributed by atoms with Crippen molar-refractivity contribution in [2.75, 3.05) is 6.61 Å². The lowest BCUT2D eigenvalue weighted by Crippen LogP contribution is -2.50. The molecule has 1 aliphatic rings. The van der Waals surface area contributed by atoms with Crippen LogP contribution in [-0.4, -0.2) is 30.5 Å². The number of hydrogen-bond acceptors (Lipinski definition) is 4. The number of benzene rings is 1. The molecule has 2 amide bonds. The van der Waals surface area contributed by atoms with E-state index in [4.69, 9.17) is 16.2 Å². The number of rotatable bonds is 4. The minimum absolute atomic E-state index is 0. The van der Waals surface area contributed by atoms with Crippen LogP contribution in [0.5, 0.6) is 5.75 Å². The van der Waals surface area contributed by atoms with E-state index in [2.05, 4.69) is 5.32 Å². The molecule has 7 heteroatoms. The molecule has 1 aromatic carbocycles. The van der Waals surface area contributed by atoms with Gasteiger partial charge in [-0.05, 0) is 18.1 Å². The van der Waals surface area contributed by atoms with E-state index in [-0.39, 0.29) is 30.8 Å².